The second-order valence-corrected chi connectivity index (χ2v) is 7.04. The van der Waals surface area contributed by atoms with Gasteiger partial charge in [0.15, 0.2) is 0 Å². The molecule has 1 unspecified atom stereocenters. The number of H-pyrrole nitrogens is 1. The number of oxime groups is 1. The van der Waals surface area contributed by atoms with Crippen LogP contribution < -0.4 is 0 Å². The standard InChI is InChI=1S/C20H23N3O/c1-20(15-9-4-3-5-10-15)12-11-16-17(13-20)21-22-19(16)18(23-24-2)14-7-6-8-14/h3-5,9-12,14H,6-8,13H2,1-2H3,(H,21,22). The SMILES string of the molecule is CON=C(c1n[nH]c2c1C=CC(C)(c1ccccc1)C2)C1CCC1. The lowest BCUT2D eigenvalue weighted by molar-refractivity contribution is 0.208. The summed E-state index contributed by atoms with van der Waals surface area (Å²) in [4.78, 5) is 5.10. The van der Waals surface area contributed by atoms with Crippen LogP contribution in [0.3, 0.4) is 0 Å². The molecule has 0 spiro atoms. The second-order valence-electron chi connectivity index (χ2n) is 7.04. The maximum absolute atomic E-state index is 5.10. The Balaban J connectivity index is 1.69. The van der Waals surface area contributed by atoms with Crippen LogP contribution in [0.25, 0.3) is 6.08 Å². The lowest BCUT2D eigenvalue weighted by Gasteiger charge is -2.30. The average molecular weight is 321 g/mol. The maximum Gasteiger partial charge on any atom is 0.117 e. The molecule has 1 aromatic heterocycles. The normalized spacial score (nSPS) is 23.7. The van der Waals surface area contributed by atoms with Crippen LogP contribution in [-0.4, -0.2) is 23.0 Å². The van der Waals surface area contributed by atoms with Gasteiger partial charge in [-0.25, -0.2) is 0 Å². The molecule has 4 nitrogen and oxygen atoms in total. The van der Waals surface area contributed by atoms with Crippen LogP contribution in [-0.2, 0) is 16.7 Å². The van der Waals surface area contributed by atoms with Gasteiger partial charge in [-0.05, 0) is 18.4 Å². The first-order valence-electron chi connectivity index (χ1n) is 8.65. The van der Waals surface area contributed by atoms with Gasteiger partial charge in [0.05, 0.1) is 0 Å². The minimum absolute atomic E-state index is 0.00685. The molecule has 1 atom stereocenters. The van der Waals surface area contributed by atoms with E-state index in [1.807, 2.05) is 0 Å². The van der Waals surface area contributed by atoms with E-state index in [0.717, 1.165) is 17.8 Å². The van der Waals surface area contributed by atoms with Crippen molar-refractivity contribution in [3.63, 3.8) is 0 Å². The average Bonchev–Trinajstić information content (AvgIpc) is 2.96. The Bertz CT molecular complexity index is 786. The number of benzene rings is 1. The minimum atomic E-state index is -0.00685. The van der Waals surface area contributed by atoms with Crippen LogP contribution in [0.5, 0.6) is 0 Å². The fourth-order valence-corrected chi connectivity index (χ4v) is 3.70. The second kappa shape index (κ2) is 5.93. The summed E-state index contributed by atoms with van der Waals surface area (Å²) < 4.78 is 0. The topological polar surface area (TPSA) is 50.3 Å². The molecule has 24 heavy (non-hydrogen) atoms. The highest BCUT2D eigenvalue weighted by Crippen LogP contribution is 2.38. The first kappa shape index (κ1) is 15.2. The van der Waals surface area contributed by atoms with Crippen molar-refractivity contribution in [2.75, 3.05) is 7.11 Å². The van der Waals surface area contributed by atoms with Gasteiger partial charge in [-0.15, -0.1) is 0 Å². The van der Waals surface area contributed by atoms with Crippen molar-refractivity contribution in [2.45, 2.75) is 38.0 Å². The van der Waals surface area contributed by atoms with Gasteiger partial charge >= 0.3 is 0 Å². The van der Waals surface area contributed by atoms with E-state index in [1.165, 1.54) is 36.1 Å². The summed E-state index contributed by atoms with van der Waals surface area (Å²) in [5, 5.41) is 12.1. The van der Waals surface area contributed by atoms with Gasteiger partial charge in [-0.3, -0.25) is 5.10 Å². The third kappa shape index (κ3) is 2.46. The van der Waals surface area contributed by atoms with E-state index >= 15 is 0 Å². The molecule has 0 amide bonds. The lowest BCUT2D eigenvalue weighted by Crippen LogP contribution is -2.26. The highest BCUT2D eigenvalue weighted by molar-refractivity contribution is 6.03. The van der Waals surface area contributed by atoms with E-state index in [1.54, 1.807) is 7.11 Å². The van der Waals surface area contributed by atoms with Gasteiger partial charge in [0.1, 0.15) is 18.5 Å². The van der Waals surface area contributed by atoms with Crippen LogP contribution >= 0.6 is 0 Å². The molecule has 1 fully saturated rings. The minimum Gasteiger partial charge on any atom is -0.399 e. The lowest BCUT2D eigenvalue weighted by atomic mass is 9.74. The van der Waals surface area contributed by atoms with Crippen LogP contribution in [0.15, 0.2) is 41.6 Å². The Kier molecular flexibility index (Phi) is 3.75. The predicted molar refractivity (Wildman–Crippen MR) is 96.0 cm³/mol. The molecule has 2 aliphatic rings. The number of allylic oxidation sites excluding steroid dienone is 1. The third-order valence-corrected chi connectivity index (χ3v) is 5.40. The van der Waals surface area contributed by atoms with E-state index in [-0.39, 0.29) is 5.41 Å². The highest BCUT2D eigenvalue weighted by atomic mass is 16.6. The molecule has 1 saturated carbocycles. The van der Waals surface area contributed by atoms with Gasteiger partial charge < -0.3 is 4.84 Å². The summed E-state index contributed by atoms with van der Waals surface area (Å²) in [6, 6.07) is 10.6. The van der Waals surface area contributed by atoms with Gasteiger partial charge in [0.25, 0.3) is 0 Å². The van der Waals surface area contributed by atoms with Crippen molar-refractivity contribution in [3.8, 4) is 0 Å². The number of nitrogens with zero attached hydrogens (tertiary/aromatic N) is 2. The Hall–Kier alpha value is -2.36. The van der Waals surface area contributed by atoms with Crippen molar-refractivity contribution in [3.05, 3.63) is 58.9 Å². The Morgan fingerprint density at radius 2 is 2.08 bits per heavy atom. The number of nitrogens with one attached hydrogen (secondary N) is 1. The largest absolute Gasteiger partial charge is 0.399 e. The Morgan fingerprint density at radius 1 is 1.29 bits per heavy atom. The van der Waals surface area contributed by atoms with Crippen molar-refractivity contribution in [1.82, 2.24) is 10.2 Å². The molecule has 0 saturated heterocycles. The summed E-state index contributed by atoms with van der Waals surface area (Å²) in [6.45, 7) is 2.28. The molecular formula is C20H23N3O. The van der Waals surface area contributed by atoms with Crippen molar-refractivity contribution < 1.29 is 4.84 Å². The molecule has 4 rings (SSSR count). The molecule has 2 aliphatic carbocycles. The first-order chi connectivity index (χ1) is 11.7. The fourth-order valence-electron chi connectivity index (χ4n) is 3.70. The van der Waals surface area contributed by atoms with Gasteiger partial charge in [-0.1, -0.05) is 61.0 Å². The number of fused-ring (bicyclic) bond motifs is 1. The summed E-state index contributed by atoms with van der Waals surface area (Å²) >= 11 is 0. The zero-order valence-electron chi connectivity index (χ0n) is 14.2. The molecule has 124 valence electrons. The number of hydrogen-bond acceptors (Lipinski definition) is 3. The number of rotatable bonds is 4. The zero-order chi connectivity index (χ0) is 16.6. The van der Waals surface area contributed by atoms with E-state index in [0.29, 0.717) is 5.92 Å². The quantitative estimate of drug-likeness (QED) is 0.681. The highest BCUT2D eigenvalue weighted by Gasteiger charge is 2.34. The Morgan fingerprint density at radius 3 is 2.75 bits per heavy atom. The van der Waals surface area contributed by atoms with Crippen molar-refractivity contribution >= 4 is 11.8 Å². The van der Waals surface area contributed by atoms with E-state index < -0.39 is 0 Å². The summed E-state index contributed by atoms with van der Waals surface area (Å²) in [6.07, 6.45) is 9.04. The van der Waals surface area contributed by atoms with Crippen LogP contribution in [0.4, 0.5) is 0 Å². The smallest absolute Gasteiger partial charge is 0.117 e. The van der Waals surface area contributed by atoms with E-state index in [9.17, 15) is 0 Å². The molecule has 2 aromatic rings. The van der Waals surface area contributed by atoms with Crippen LogP contribution in [0.2, 0.25) is 0 Å². The monoisotopic (exact) mass is 321 g/mol. The molecule has 0 radical (unpaired) electrons. The molecule has 1 aromatic carbocycles. The number of aromatic amines is 1. The summed E-state index contributed by atoms with van der Waals surface area (Å²) in [5.41, 5.74) is 5.63. The van der Waals surface area contributed by atoms with Crippen molar-refractivity contribution in [1.29, 1.82) is 0 Å². The molecule has 1 heterocycles. The van der Waals surface area contributed by atoms with E-state index in [2.05, 4.69) is 64.8 Å². The van der Waals surface area contributed by atoms with Gasteiger partial charge in [0.2, 0.25) is 0 Å². The van der Waals surface area contributed by atoms with Gasteiger partial charge in [-0.2, -0.15) is 5.10 Å². The summed E-state index contributed by atoms with van der Waals surface area (Å²) in [7, 11) is 1.61. The van der Waals surface area contributed by atoms with Crippen LogP contribution in [0, 0.1) is 5.92 Å². The number of aromatic nitrogens is 2. The number of hydrogen-bond donors (Lipinski definition) is 1. The molecule has 1 N–H and O–H groups in total. The Labute approximate surface area is 142 Å². The summed E-state index contributed by atoms with van der Waals surface area (Å²) in [5.74, 6) is 0.480. The molecule has 0 aliphatic heterocycles. The predicted octanol–water partition coefficient (Wildman–Crippen LogP) is 4.09. The molecule has 0 bridgehead atoms. The van der Waals surface area contributed by atoms with Crippen LogP contribution in [0.1, 0.15) is 48.7 Å². The zero-order valence-corrected chi connectivity index (χ0v) is 14.2. The molecule has 4 heteroatoms. The maximum atomic E-state index is 5.10. The third-order valence-electron chi connectivity index (χ3n) is 5.40. The van der Waals surface area contributed by atoms with E-state index in [4.69, 9.17) is 4.84 Å². The van der Waals surface area contributed by atoms with Gasteiger partial charge in [0, 0.05) is 29.0 Å². The van der Waals surface area contributed by atoms with Crippen molar-refractivity contribution in [2.24, 2.45) is 11.1 Å². The first-order valence-corrected chi connectivity index (χ1v) is 8.65. The molecular weight excluding hydrogens is 298 g/mol. The fraction of sp³-hybridized carbons (Fsp3) is 0.400.